The molecule has 0 saturated carbocycles. The van der Waals surface area contributed by atoms with E-state index in [-0.39, 0.29) is 49.5 Å². The van der Waals surface area contributed by atoms with Crippen LogP contribution in [-0.2, 0) is 14.6 Å². The minimum Gasteiger partial charge on any atom is -0.480 e. The molecule has 15 heteroatoms. The molecule has 4 N–H and O–H groups in total. The molecule has 236 valence electrons. The van der Waals surface area contributed by atoms with Gasteiger partial charge in [-0.15, -0.1) is 0 Å². The van der Waals surface area contributed by atoms with Gasteiger partial charge < -0.3 is 25.8 Å². The van der Waals surface area contributed by atoms with Crippen LogP contribution < -0.4 is 20.7 Å². The van der Waals surface area contributed by atoms with E-state index in [0.717, 1.165) is 0 Å². The van der Waals surface area contributed by atoms with Gasteiger partial charge in [-0.05, 0) is 60.1 Å². The molecule has 1 unspecified atom stereocenters. The summed E-state index contributed by atoms with van der Waals surface area (Å²) in [5.41, 5.74) is 5.68. The van der Waals surface area contributed by atoms with Crippen molar-refractivity contribution in [2.75, 3.05) is 36.0 Å². The Kier molecular flexibility index (Phi) is 8.71. The second kappa shape index (κ2) is 12.1. The van der Waals surface area contributed by atoms with Crippen molar-refractivity contribution in [3.63, 3.8) is 0 Å². The summed E-state index contributed by atoms with van der Waals surface area (Å²) in [4.78, 5) is 21.4. The molecule has 2 aliphatic rings. The number of carboxylic acid groups (broad SMARTS) is 1. The molecule has 0 radical (unpaired) electrons. The van der Waals surface area contributed by atoms with E-state index in [1.54, 1.807) is 0 Å². The molecule has 0 amide bonds. The number of alkyl halides is 3. The maximum absolute atomic E-state index is 14.6. The van der Waals surface area contributed by atoms with Crippen molar-refractivity contribution >= 4 is 39.2 Å². The summed E-state index contributed by atoms with van der Waals surface area (Å²) >= 11 is 6.18. The van der Waals surface area contributed by atoms with Crippen molar-refractivity contribution in [1.82, 2.24) is 15.3 Å². The SMILES string of the molecule is CCS(=O)(=O)c1cccc(-c2cc(Cl)ccc2[C@@H](Oc2cc(N3CCC4(CC3)CNC(C(=O)O)C4)nc(N)n2)C(F)(F)F)c1. The molecule has 2 aromatic carbocycles. The number of sulfone groups is 1. The number of benzene rings is 2. The van der Waals surface area contributed by atoms with Gasteiger partial charge in [-0.1, -0.05) is 36.7 Å². The van der Waals surface area contributed by atoms with Gasteiger partial charge in [0.15, 0.2) is 9.84 Å². The number of nitrogens with two attached hydrogens (primary N) is 1. The molecular formula is C29H31ClF3N5O5S. The summed E-state index contributed by atoms with van der Waals surface area (Å²) in [6, 6.07) is 10.1. The maximum Gasteiger partial charge on any atom is 0.429 e. The molecule has 2 fully saturated rings. The zero-order valence-electron chi connectivity index (χ0n) is 23.6. The van der Waals surface area contributed by atoms with Gasteiger partial charge in [-0.2, -0.15) is 23.1 Å². The van der Waals surface area contributed by atoms with Gasteiger partial charge in [0, 0.05) is 36.3 Å². The second-order valence-electron chi connectivity index (χ2n) is 11.1. The number of hydrogen-bond acceptors (Lipinski definition) is 9. The lowest BCUT2D eigenvalue weighted by Crippen LogP contribution is -2.41. The van der Waals surface area contributed by atoms with Crippen LogP contribution in [0.5, 0.6) is 5.88 Å². The van der Waals surface area contributed by atoms with Gasteiger partial charge in [0.1, 0.15) is 11.9 Å². The number of rotatable bonds is 8. The molecule has 2 saturated heterocycles. The predicted molar refractivity (Wildman–Crippen MR) is 158 cm³/mol. The third kappa shape index (κ3) is 6.71. The third-order valence-electron chi connectivity index (χ3n) is 8.23. The lowest BCUT2D eigenvalue weighted by molar-refractivity contribution is -0.198. The van der Waals surface area contributed by atoms with Crippen molar-refractivity contribution < 1.29 is 36.2 Å². The Bertz CT molecular complexity index is 1670. The van der Waals surface area contributed by atoms with Gasteiger partial charge in [-0.3, -0.25) is 4.79 Å². The Morgan fingerprint density at radius 3 is 2.57 bits per heavy atom. The molecule has 10 nitrogen and oxygen atoms in total. The highest BCUT2D eigenvalue weighted by Gasteiger charge is 2.46. The van der Waals surface area contributed by atoms with Gasteiger partial charge in [-0.25, -0.2) is 8.42 Å². The summed E-state index contributed by atoms with van der Waals surface area (Å²) in [7, 11) is -3.63. The molecule has 5 rings (SSSR count). The summed E-state index contributed by atoms with van der Waals surface area (Å²) in [5.74, 6) is -1.45. The average molecular weight is 654 g/mol. The largest absolute Gasteiger partial charge is 0.480 e. The number of nitrogen functional groups attached to an aromatic ring is 1. The first-order chi connectivity index (χ1) is 20.7. The highest BCUT2D eigenvalue weighted by atomic mass is 35.5. The van der Waals surface area contributed by atoms with Gasteiger partial charge in [0.25, 0.3) is 0 Å². The van der Waals surface area contributed by atoms with E-state index in [4.69, 9.17) is 22.1 Å². The Morgan fingerprint density at radius 1 is 1.20 bits per heavy atom. The highest BCUT2D eigenvalue weighted by molar-refractivity contribution is 7.91. The minimum atomic E-state index is -4.91. The Hall–Kier alpha value is -3.62. The van der Waals surface area contributed by atoms with Crippen LogP contribution in [0.2, 0.25) is 5.02 Å². The van der Waals surface area contributed by atoms with Crippen LogP contribution in [-0.4, -0.2) is 67.1 Å². The number of carboxylic acids is 1. The Labute approximate surface area is 257 Å². The zero-order chi connectivity index (χ0) is 31.9. The fourth-order valence-electron chi connectivity index (χ4n) is 5.79. The number of piperidine rings is 1. The number of nitrogens with one attached hydrogen (secondary N) is 1. The molecule has 1 aromatic heterocycles. The fourth-order valence-corrected chi connectivity index (χ4v) is 6.89. The number of hydrogen-bond donors (Lipinski definition) is 3. The van der Waals surface area contributed by atoms with Crippen LogP contribution in [0.1, 0.15) is 37.9 Å². The Morgan fingerprint density at radius 2 is 1.93 bits per heavy atom. The van der Waals surface area contributed by atoms with E-state index in [2.05, 4.69) is 15.3 Å². The molecule has 2 atom stereocenters. The fraction of sp³-hybridized carbons (Fsp3) is 0.414. The van der Waals surface area contributed by atoms with Crippen molar-refractivity contribution in [2.24, 2.45) is 5.41 Å². The topological polar surface area (TPSA) is 148 Å². The first-order valence-electron chi connectivity index (χ1n) is 13.9. The van der Waals surface area contributed by atoms with Crippen LogP contribution in [0, 0.1) is 5.41 Å². The summed E-state index contributed by atoms with van der Waals surface area (Å²) < 4.78 is 74.4. The van der Waals surface area contributed by atoms with E-state index in [0.29, 0.717) is 38.9 Å². The minimum absolute atomic E-state index is 0.0312. The number of aromatic nitrogens is 2. The lowest BCUT2D eigenvalue weighted by atomic mass is 9.76. The van der Waals surface area contributed by atoms with Crippen LogP contribution in [0.15, 0.2) is 53.4 Å². The first-order valence-corrected chi connectivity index (χ1v) is 15.9. The standard InChI is InChI=1S/C29H31ClF3N5O5S/c1-2-44(41,42)19-5-3-4-17(12-19)21-13-18(30)6-7-20(21)25(29(31,32)33)43-24-14-23(36-27(34)37-24)38-10-8-28(9-11-38)15-22(26(39)40)35-16-28/h3-7,12-14,22,25,35H,2,8-11,15-16H2,1H3,(H,39,40)(H2,34,36,37)/t22?,25-/m1/s1. The average Bonchev–Trinajstić information content (AvgIpc) is 3.39. The monoisotopic (exact) mass is 653 g/mol. The van der Waals surface area contributed by atoms with E-state index in [1.165, 1.54) is 55.5 Å². The third-order valence-corrected chi connectivity index (χ3v) is 10.2. The highest BCUT2D eigenvalue weighted by Crippen LogP contribution is 2.43. The normalized spacial score (nSPS) is 19.2. The number of carbonyl (C=O) groups is 1. The van der Waals surface area contributed by atoms with Crippen LogP contribution in [0.3, 0.4) is 0 Å². The van der Waals surface area contributed by atoms with Crippen molar-refractivity contribution in [2.45, 2.75) is 49.4 Å². The second-order valence-corrected chi connectivity index (χ2v) is 13.8. The van der Waals surface area contributed by atoms with Crippen LogP contribution in [0.25, 0.3) is 11.1 Å². The lowest BCUT2D eigenvalue weighted by Gasteiger charge is -2.39. The zero-order valence-corrected chi connectivity index (χ0v) is 25.2. The number of aliphatic carboxylic acids is 1. The summed E-state index contributed by atoms with van der Waals surface area (Å²) in [5, 5.41) is 12.5. The van der Waals surface area contributed by atoms with Gasteiger partial charge in [0.05, 0.1) is 10.6 Å². The Balaban J connectivity index is 1.44. The molecule has 0 aliphatic carbocycles. The molecule has 1 spiro atoms. The molecule has 3 aromatic rings. The quantitative estimate of drug-likeness (QED) is 0.307. The van der Waals surface area contributed by atoms with Crippen molar-refractivity contribution in [3.05, 3.63) is 59.1 Å². The maximum atomic E-state index is 14.6. The van der Waals surface area contributed by atoms with E-state index in [1.807, 2.05) is 4.90 Å². The number of anilines is 2. The number of halogens is 4. The number of ether oxygens (including phenoxy) is 1. The van der Waals surface area contributed by atoms with Gasteiger partial charge in [0.2, 0.25) is 17.9 Å². The first kappa shape index (κ1) is 31.8. The molecular weight excluding hydrogens is 623 g/mol. The van der Waals surface area contributed by atoms with Gasteiger partial charge >= 0.3 is 12.1 Å². The predicted octanol–water partition coefficient (Wildman–Crippen LogP) is 4.89. The molecule has 44 heavy (non-hydrogen) atoms. The van der Waals surface area contributed by atoms with Crippen molar-refractivity contribution in [1.29, 1.82) is 0 Å². The van der Waals surface area contributed by atoms with E-state index < -0.39 is 40.0 Å². The molecule has 0 bridgehead atoms. The van der Waals surface area contributed by atoms with Crippen molar-refractivity contribution in [3.8, 4) is 17.0 Å². The van der Waals surface area contributed by atoms with E-state index >= 15 is 0 Å². The molecule has 3 heterocycles. The van der Waals surface area contributed by atoms with Crippen LogP contribution >= 0.6 is 11.6 Å². The number of nitrogens with zero attached hydrogens (tertiary/aromatic N) is 3. The summed E-state index contributed by atoms with van der Waals surface area (Å²) in [6.07, 6.45) is -5.60. The van der Waals surface area contributed by atoms with Crippen LogP contribution in [0.4, 0.5) is 24.9 Å². The smallest absolute Gasteiger partial charge is 0.429 e. The summed E-state index contributed by atoms with van der Waals surface area (Å²) in [6.45, 7) is 3.03. The molecule has 2 aliphatic heterocycles. The van der Waals surface area contributed by atoms with E-state index in [9.17, 15) is 31.5 Å².